The Morgan fingerprint density at radius 3 is 2.13 bits per heavy atom. The van der Waals surface area contributed by atoms with Gasteiger partial charge < -0.3 is 0 Å². The zero-order valence-corrected chi connectivity index (χ0v) is 25.1. The first kappa shape index (κ1) is 26.8. The minimum Gasteiger partial charge on any atom is -0.269 e. The highest BCUT2D eigenvalue weighted by atomic mass is 16.3. The van der Waals surface area contributed by atoms with Gasteiger partial charge in [-0.25, -0.2) is 9.97 Å². The van der Waals surface area contributed by atoms with Crippen LogP contribution in [0.25, 0.3) is 39.1 Å². The Kier molecular flexibility index (Phi) is 5.52. The molecule has 2 aliphatic carbocycles. The Balaban J connectivity index is 1.19. The molecule has 2 amide bonds. The van der Waals surface area contributed by atoms with Gasteiger partial charge in [0.25, 0.3) is 11.8 Å². The lowest BCUT2D eigenvalue weighted by Crippen LogP contribution is -2.64. The van der Waals surface area contributed by atoms with Crippen LogP contribution in [0.5, 0.6) is 0 Å². The Bertz CT molecular complexity index is 2210. The maximum Gasteiger partial charge on any atom is 0.262 e. The summed E-state index contributed by atoms with van der Waals surface area (Å²) in [5.74, 6) is -0.454. The third-order valence-electron chi connectivity index (χ3n) is 10.1. The van der Waals surface area contributed by atoms with Crippen LogP contribution in [0.2, 0.25) is 0 Å². The number of aryl methyl sites for hydroxylation is 1. The van der Waals surface area contributed by atoms with Crippen LogP contribution in [0.1, 0.15) is 57.7 Å². The highest BCUT2D eigenvalue weighted by Crippen LogP contribution is 2.63. The molecule has 4 heterocycles. The SMILES string of the molecule is Cc1cc2ncc3cc(-c4ccccc4)c(-c4ccc(C5(N6C(=O)c7ccccc7C6=O)CC(N=O)(C6CC6)C5)cc4)nc3n2n1. The molecule has 0 bridgehead atoms. The van der Waals surface area contributed by atoms with E-state index in [4.69, 9.17) is 4.98 Å². The first-order valence-electron chi connectivity index (χ1n) is 15.6. The fraction of sp³-hybridized carbons (Fsp3) is 0.216. The highest BCUT2D eigenvalue weighted by Gasteiger charge is 2.68. The summed E-state index contributed by atoms with van der Waals surface area (Å²) in [6.45, 7) is 1.93. The predicted octanol–water partition coefficient (Wildman–Crippen LogP) is 7.12. The van der Waals surface area contributed by atoms with Crippen molar-refractivity contribution in [2.45, 2.75) is 43.7 Å². The van der Waals surface area contributed by atoms with Gasteiger partial charge in [-0.05, 0) is 55.0 Å². The molecule has 3 aliphatic rings. The van der Waals surface area contributed by atoms with E-state index >= 15 is 0 Å². The normalized spacial score (nSPS) is 22.3. The minimum atomic E-state index is -0.967. The zero-order valence-electron chi connectivity index (χ0n) is 25.1. The lowest BCUT2D eigenvalue weighted by Gasteiger charge is -2.56. The molecule has 0 saturated heterocycles. The van der Waals surface area contributed by atoms with Crippen LogP contribution in [-0.2, 0) is 5.54 Å². The molecule has 0 N–H and O–H groups in total. The fourth-order valence-corrected chi connectivity index (χ4v) is 7.73. The van der Waals surface area contributed by atoms with Crippen molar-refractivity contribution < 1.29 is 9.59 Å². The molecular formula is C37H28N6O3. The lowest BCUT2D eigenvalue weighted by atomic mass is 9.57. The number of carbonyl (C=O) groups is 2. The van der Waals surface area contributed by atoms with E-state index in [1.165, 1.54) is 4.90 Å². The standard InChI is InChI=1S/C37H28N6O3/c1-22-17-31-38-19-25-18-30(23-7-3-2-4-8-23)32(39-33(25)43(31)40-22)24-11-13-27(14-12-24)37(20-36(21-37,41-46)26-15-16-26)42-34(44)28-9-5-6-10-29(28)35(42)45/h2-14,17-19,26H,15-16,20-21H2,1H3. The number of pyridine rings is 1. The van der Waals surface area contributed by atoms with E-state index in [9.17, 15) is 14.5 Å². The summed E-state index contributed by atoms with van der Waals surface area (Å²) < 4.78 is 1.77. The average molecular weight is 605 g/mol. The fourth-order valence-electron chi connectivity index (χ4n) is 7.73. The quantitative estimate of drug-likeness (QED) is 0.148. The van der Waals surface area contributed by atoms with E-state index in [1.54, 1.807) is 28.8 Å². The summed E-state index contributed by atoms with van der Waals surface area (Å²) >= 11 is 0. The highest BCUT2D eigenvalue weighted by molar-refractivity contribution is 6.22. The molecule has 9 rings (SSSR count). The molecule has 9 nitrogen and oxygen atoms in total. The second kappa shape index (κ2) is 9.47. The summed E-state index contributed by atoms with van der Waals surface area (Å²) in [4.78, 5) is 51.0. The summed E-state index contributed by atoms with van der Waals surface area (Å²) in [6, 6.07) is 29.0. The van der Waals surface area contributed by atoms with Crippen LogP contribution in [-0.4, -0.2) is 41.8 Å². The third kappa shape index (κ3) is 3.71. The average Bonchev–Trinajstić information content (AvgIpc) is 3.81. The van der Waals surface area contributed by atoms with E-state index in [1.807, 2.05) is 61.7 Å². The molecular weight excluding hydrogens is 576 g/mol. The van der Waals surface area contributed by atoms with E-state index in [2.05, 4.69) is 33.5 Å². The molecule has 3 aromatic carbocycles. The molecule has 0 radical (unpaired) electrons. The Morgan fingerprint density at radius 2 is 1.48 bits per heavy atom. The second-order valence-electron chi connectivity index (χ2n) is 12.9. The van der Waals surface area contributed by atoms with E-state index in [0.717, 1.165) is 57.5 Å². The van der Waals surface area contributed by atoms with Crippen LogP contribution in [0.4, 0.5) is 0 Å². The Morgan fingerprint density at radius 1 is 0.804 bits per heavy atom. The van der Waals surface area contributed by atoms with Crippen molar-refractivity contribution in [1.29, 1.82) is 0 Å². The van der Waals surface area contributed by atoms with E-state index in [-0.39, 0.29) is 17.7 Å². The van der Waals surface area contributed by atoms with Crippen LogP contribution in [0, 0.1) is 17.7 Å². The van der Waals surface area contributed by atoms with Crippen molar-refractivity contribution in [1.82, 2.24) is 24.5 Å². The second-order valence-corrected chi connectivity index (χ2v) is 12.9. The number of fused-ring (bicyclic) bond motifs is 4. The number of hydrogen-bond donors (Lipinski definition) is 0. The molecule has 0 spiro atoms. The molecule has 0 atom stereocenters. The molecule has 46 heavy (non-hydrogen) atoms. The predicted molar refractivity (Wildman–Crippen MR) is 173 cm³/mol. The first-order valence-corrected chi connectivity index (χ1v) is 15.6. The minimum absolute atomic E-state index is 0.195. The molecule has 6 aromatic rings. The van der Waals surface area contributed by atoms with Crippen molar-refractivity contribution >= 4 is 28.5 Å². The molecule has 0 unspecified atom stereocenters. The van der Waals surface area contributed by atoms with Crippen LogP contribution in [0.15, 0.2) is 102 Å². The summed E-state index contributed by atoms with van der Waals surface area (Å²) in [6.07, 6.45) is 4.36. The molecule has 2 fully saturated rings. The smallest absolute Gasteiger partial charge is 0.262 e. The van der Waals surface area contributed by atoms with Crippen molar-refractivity contribution in [2.75, 3.05) is 0 Å². The van der Waals surface area contributed by atoms with Crippen molar-refractivity contribution in [3.05, 3.63) is 124 Å². The molecule has 9 heteroatoms. The van der Waals surface area contributed by atoms with Crippen LogP contribution < -0.4 is 0 Å². The Labute approximate surface area is 263 Å². The van der Waals surface area contributed by atoms with Gasteiger partial charge in [0, 0.05) is 41.6 Å². The van der Waals surface area contributed by atoms with Crippen molar-refractivity contribution in [3.8, 4) is 22.4 Å². The number of nitroso groups, excluding NO2 is 1. The van der Waals surface area contributed by atoms with Gasteiger partial charge in [0.1, 0.15) is 5.54 Å². The Hall–Kier alpha value is -5.57. The molecule has 3 aromatic heterocycles. The number of carbonyl (C=O) groups excluding carboxylic acids is 2. The van der Waals surface area contributed by atoms with Crippen LogP contribution in [0.3, 0.4) is 0 Å². The van der Waals surface area contributed by atoms with E-state index in [0.29, 0.717) is 29.6 Å². The number of hydrogen-bond acceptors (Lipinski definition) is 7. The van der Waals surface area contributed by atoms with Gasteiger partial charge in [0.2, 0.25) is 0 Å². The van der Waals surface area contributed by atoms with Gasteiger partial charge in [-0.2, -0.15) is 14.5 Å². The maximum absolute atomic E-state index is 13.8. The summed E-state index contributed by atoms with van der Waals surface area (Å²) in [5.41, 5.74) is 5.75. The van der Waals surface area contributed by atoms with Crippen LogP contribution >= 0.6 is 0 Å². The van der Waals surface area contributed by atoms with Gasteiger partial charge in [-0.15, -0.1) is 0 Å². The third-order valence-corrected chi connectivity index (χ3v) is 10.1. The maximum atomic E-state index is 13.8. The van der Waals surface area contributed by atoms with Gasteiger partial charge in [0.05, 0.1) is 28.1 Å². The van der Waals surface area contributed by atoms with Gasteiger partial charge in [-0.3, -0.25) is 14.5 Å². The number of nitrogens with zero attached hydrogens (tertiary/aromatic N) is 6. The van der Waals surface area contributed by atoms with E-state index < -0.39 is 11.1 Å². The van der Waals surface area contributed by atoms with Crippen molar-refractivity contribution in [3.63, 3.8) is 0 Å². The number of aromatic nitrogens is 4. The molecule has 224 valence electrons. The number of imide groups is 1. The molecule has 2 saturated carbocycles. The number of benzene rings is 3. The summed E-state index contributed by atoms with van der Waals surface area (Å²) in [7, 11) is 0. The lowest BCUT2D eigenvalue weighted by molar-refractivity contribution is -0.0253. The van der Waals surface area contributed by atoms with Gasteiger partial charge >= 0.3 is 0 Å². The largest absolute Gasteiger partial charge is 0.269 e. The topological polar surface area (TPSA) is 110 Å². The molecule has 1 aliphatic heterocycles. The van der Waals surface area contributed by atoms with Crippen molar-refractivity contribution in [2.24, 2.45) is 11.1 Å². The monoisotopic (exact) mass is 604 g/mol. The first-order chi connectivity index (χ1) is 22.4. The number of amides is 2. The van der Waals surface area contributed by atoms with Gasteiger partial charge in [0.15, 0.2) is 11.3 Å². The zero-order chi connectivity index (χ0) is 31.2. The summed E-state index contributed by atoms with van der Waals surface area (Å²) in [5, 5.41) is 9.14. The van der Waals surface area contributed by atoms with Gasteiger partial charge in [-0.1, -0.05) is 71.9 Å². The number of rotatable bonds is 6.